The van der Waals surface area contributed by atoms with Crippen molar-refractivity contribution in [3.63, 3.8) is 0 Å². The molecule has 0 spiro atoms. The molecule has 9 heteroatoms. The van der Waals surface area contributed by atoms with Crippen LogP contribution in [0.1, 0.15) is 19.3 Å². The van der Waals surface area contributed by atoms with Crippen LogP contribution in [-0.2, 0) is 4.74 Å². The zero-order chi connectivity index (χ0) is 20.2. The number of aromatic nitrogens is 4. The molecule has 2 N–H and O–H groups in total. The van der Waals surface area contributed by atoms with Crippen molar-refractivity contribution in [3.8, 4) is 11.3 Å². The van der Waals surface area contributed by atoms with E-state index in [0.717, 1.165) is 68.7 Å². The van der Waals surface area contributed by atoms with E-state index in [-0.39, 0.29) is 5.95 Å². The van der Waals surface area contributed by atoms with E-state index in [1.807, 2.05) is 0 Å². The van der Waals surface area contributed by atoms with Gasteiger partial charge < -0.3 is 25.2 Å². The SMILES string of the molecule is CN1C[C@H]2C[C@@H](C1)N(c1nc(-c3cnc(N)nc3)cc(N3C[C@@H]4CC[C@H]3CO4)n1)C2. The molecule has 0 unspecified atom stereocenters. The Morgan fingerprint density at radius 3 is 2.60 bits per heavy atom. The zero-order valence-corrected chi connectivity index (χ0v) is 17.3. The number of likely N-dealkylation sites (tertiary alicyclic amines) is 1. The van der Waals surface area contributed by atoms with E-state index in [2.05, 4.69) is 37.8 Å². The van der Waals surface area contributed by atoms with Crippen molar-refractivity contribution in [1.82, 2.24) is 24.8 Å². The summed E-state index contributed by atoms with van der Waals surface area (Å²) in [6.45, 7) is 4.91. The Balaban J connectivity index is 1.41. The number of nitrogens with zero attached hydrogens (tertiary/aromatic N) is 7. The highest BCUT2D eigenvalue weighted by Gasteiger charge is 2.40. The molecule has 0 saturated carbocycles. The van der Waals surface area contributed by atoms with Crippen LogP contribution < -0.4 is 15.5 Å². The van der Waals surface area contributed by atoms with Crippen LogP contribution in [0.4, 0.5) is 17.7 Å². The quantitative estimate of drug-likeness (QED) is 0.798. The monoisotopic (exact) mass is 408 g/mol. The maximum Gasteiger partial charge on any atom is 0.228 e. The number of hydrogen-bond donors (Lipinski definition) is 1. The summed E-state index contributed by atoms with van der Waals surface area (Å²) >= 11 is 0. The first-order valence-electron chi connectivity index (χ1n) is 10.9. The molecule has 5 fully saturated rings. The first kappa shape index (κ1) is 18.3. The lowest BCUT2D eigenvalue weighted by Crippen LogP contribution is -2.55. The molecule has 5 aliphatic rings. The molecule has 30 heavy (non-hydrogen) atoms. The molecule has 0 amide bonds. The smallest absolute Gasteiger partial charge is 0.228 e. The molecule has 5 aliphatic heterocycles. The number of fused-ring (bicyclic) bond motifs is 5. The van der Waals surface area contributed by atoms with Crippen LogP contribution in [0.2, 0.25) is 0 Å². The Hall–Kier alpha value is -2.52. The van der Waals surface area contributed by atoms with Gasteiger partial charge in [0.25, 0.3) is 0 Å². The third kappa shape index (κ3) is 3.16. The summed E-state index contributed by atoms with van der Waals surface area (Å²) in [4.78, 5) is 25.7. The van der Waals surface area contributed by atoms with E-state index >= 15 is 0 Å². The molecule has 2 aromatic rings. The Morgan fingerprint density at radius 2 is 1.87 bits per heavy atom. The van der Waals surface area contributed by atoms with Crippen molar-refractivity contribution in [2.45, 2.75) is 37.5 Å². The molecule has 9 nitrogen and oxygen atoms in total. The normalized spacial score (nSPS) is 30.8. The molecular formula is C21H28N8O. The number of rotatable bonds is 3. The summed E-state index contributed by atoms with van der Waals surface area (Å²) in [6.07, 6.45) is 7.32. The Labute approximate surface area is 176 Å². The van der Waals surface area contributed by atoms with Gasteiger partial charge in [0.2, 0.25) is 11.9 Å². The Bertz CT molecular complexity index is 929. The molecule has 7 heterocycles. The van der Waals surface area contributed by atoms with Crippen molar-refractivity contribution in [2.75, 3.05) is 55.4 Å². The molecule has 7 rings (SSSR count). The molecule has 0 radical (unpaired) electrons. The fourth-order valence-corrected chi connectivity index (χ4v) is 5.59. The van der Waals surface area contributed by atoms with Crippen LogP contribution in [0, 0.1) is 5.92 Å². The number of piperidine rings is 2. The van der Waals surface area contributed by atoms with E-state index < -0.39 is 0 Å². The first-order valence-corrected chi connectivity index (χ1v) is 10.9. The van der Waals surface area contributed by atoms with Crippen molar-refractivity contribution >= 4 is 17.7 Å². The number of anilines is 3. The van der Waals surface area contributed by atoms with Gasteiger partial charge in [-0.25, -0.2) is 15.0 Å². The van der Waals surface area contributed by atoms with Crippen molar-refractivity contribution < 1.29 is 4.74 Å². The van der Waals surface area contributed by atoms with Crippen molar-refractivity contribution in [1.29, 1.82) is 0 Å². The average Bonchev–Trinajstić information content (AvgIpc) is 3.08. The highest BCUT2D eigenvalue weighted by molar-refractivity contribution is 5.65. The minimum Gasteiger partial charge on any atom is -0.374 e. The van der Waals surface area contributed by atoms with Gasteiger partial charge in [0, 0.05) is 56.2 Å². The van der Waals surface area contributed by atoms with E-state index in [9.17, 15) is 0 Å². The van der Waals surface area contributed by atoms with Crippen LogP contribution in [0.15, 0.2) is 18.5 Å². The second-order valence-corrected chi connectivity index (χ2v) is 9.21. The van der Waals surface area contributed by atoms with Crippen molar-refractivity contribution in [2.24, 2.45) is 5.92 Å². The van der Waals surface area contributed by atoms with Crippen LogP contribution in [-0.4, -0.2) is 82.9 Å². The molecule has 4 atom stereocenters. The van der Waals surface area contributed by atoms with E-state index in [4.69, 9.17) is 20.4 Å². The number of hydrogen-bond acceptors (Lipinski definition) is 9. The number of likely N-dealkylation sites (N-methyl/N-ethyl adjacent to an activating group) is 1. The predicted octanol–water partition coefficient (Wildman–Crippen LogP) is 1.02. The maximum absolute atomic E-state index is 5.92. The molecule has 2 aromatic heterocycles. The van der Waals surface area contributed by atoms with Gasteiger partial charge in [-0.05, 0) is 32.2 Å². The molecule has 158 valence electrons. The maximum atomic E-state index is 5.92. The van der Waals surface area contributed by atoms with E-state index in [0.29, 0.717) is 24.1 Å². The molecule has 5 saturated heterocycles. The topological polar surface area (TPSA) is 96.5 Å². The van der Waals surface area contributed by atoms with Crippen LogP contribution in [0.5, 0.6) is 0 Å². The summed E-state index contributed by atoms with van der Waals surface area (Å²) in [6, 6.07) is 2.94. The first-order chi connectivity index (χ1) is 14.6. The van der Waals surface area contributed by atoms with Gasteiger partial charge in [-0.15, -0.1) is 0 Å². The molecule has 0 aliphatic carbocycles. The van der Waals surface area contributed by atoms with Crippen LogP contribution in [0.25, 0.3) is 11.3 Å². The van der Waals surface area contributed by atoms with E-state index in [1.54, 1.807) is 12.4 Å². The summed E-state index contributed by atoms with van der Waals surface area (Å²) in [5.41, 5.74) is 7.42. The highest BCUT2D eigenvalue weighted by Crippen LogP contribution is 2.36. The average molecular weight is 409 g/mol. The summed E-state index contributed by atoms with van der Waals surface area (Å²) < 4.78 is 5.92. The number of ether oxygens (including phenoxy) is 1. The second-order valence-electron chi connectivity index (χ2n) is 9.21. The molecule has 4 bridgehead atoms. The Morgan fingerprint density at radius 1 is 1.00 bits per heavy atom. The minimum atomic E-state index is 0.273. The lowest BCUT2D eigenvalue weighted by Gasteiger charge is -2.45. The zero-order valence-electron chi connectivity index (χ0n) is 17.3. The lowest BCUT2D eigenvalue weighted by atomic mass is 9.97. The number of morpholine rings is 1. The van der Waals surface area contributed by atoms with Gasteiger partial charge in [-0.3, -0.25) is 0 Å². The summed E-state index contributed by atoms with van der Waals surface area (Å²) in [5, 5.41) is 0. The van der Waals surface area contributed by atoms with Gasteiger partial charge >= 0.3 is 0 Å². The van der Waals surface area contributed by atoms with Crippen LogP contribution >= 0.6 is 0 Å². The number of nitrogens with two attached hydrogens (primary N) is 1. The van der Waals surface area contributed by atoms with Gasteiger partial charge in [0.15, 0.2) is 0 Å². The van der Waals surface area contributed by atoms with Crippen molar-refractivity contribution in [3.05, 3.63) is 18.5 Å². The summed E-state index contributed by atoms with van der Waals surface area (Å²) in [5.74, 6) is 2.77. The largest absolute Gasteiger partial charge is 0.374 e. The fraction of sp³-hybridized carbons (Fsp3) is 0.619. The minimum absolute atomic E-state index is 0.273. The number of nitrogen functional groups attached to an aromatic ring is 1. The fourth-order valence-electron chi connectivity index (χ4n) is 5.59. The molecule has 0 aromatic carbocycles. The van der Waals surface area contributed by atoms with E-state index in [1.165, 1.54) is 6.42 Å². The second kappa shape index (κ2) is 7.02. The predicted molar refractivity (Wildman–Crippen MR) is 114 cm³/mol. The Kier molecular flexibility index (Phi) is 4.28. The van der Waals surface area contributed by atoms with Gasteiger partial charge in [-0.1, -0.05) is 0 Å². The highest BCUT2D eigenvalue weighted by atomic mass is 16.5. The van der Waals surface area contributed by atoms with Crippen LogP contribution in [0.3, 0.4) is 0 Å². The van der Waals surface area contributed by atoms with Gasteiger partial charge in [0.1, 0.15) is 5.82 Å². The molecular weight excluding hydrogens is 380 g/mol. The third-order valence-corrected chi connectivity index (χ3v) is 7.00. The summed E-state index contributed by atoms with van der Waals surface area (Å²) in [7, 11) is 2.21. The lowest BCUT2D eigenvalue weighted by molar-refractivity contribution is -0.0228. The van der Waals surface area contributed by atoms with Gasteiger partial charge in [0.05, 0.1) is 24.4 Å². The standard InChI is InChI=1S/C21H28N8O/c1-27-8-13-4-16(10-27)29(9-13)21-25-18(14-6-23-20(22)24-7-14)5-19(26-21)28-11-17-3-2-15(28)12-30-17/h5-7,13,15-17H,2-4,8-12H2,1H3,(H2,22,23,24)/t13-,15+,16+,17+/m1/s1. The third-order valence-electron chi connectivity index (χ3n) is 7.00. The van der Waals surface area contributed by atoms with Gasteiger partial charge in [-0.2, -0.15) is 4.98 Å².